The molecule has 0 N–H and O–H groups in total. The van der Waals surface area contributed by atoms with Crippen molar-refractivity contribution >= 4 is 5.78 Å². The van der Waals surface area contributed by atoms with Crippen LogP contribution in [-0.2, 0) is 4.79 Å². The highest BCUT2D eigenvalue weighted by atomic mass is 16.1. The van der Waals surface area contributed by atoms with E-state index in [9.17, 15) is 4.79 Å². The zero-order chi connectivity index (χ0) is 24.8. The summed E-state index contributed by atoms with van der Waals surface area (Å²) in [5, 5.41) is 0. The van der Waals surface area contributed by atoms with Crippen LogP contribution in [0.25, 0.3) is 0 Å². The minimum Gasteiger partial charge on any atom is -0.300 e. The Labute approximate surface area is 216 Å². The van der Waals surface area contributed by atoms with Gasteiger partial charge >= 0.3 is 0 Å². The first-order valence-electron chi connectivity index (χ1n) is 15.9. The van der Waals surface area contributed by atoms with E-state index in [2.05, 4.69) is 19.1 Å². The number of Topliss-reactive ketones (excluding diaryl/α,β-unsaturated/α-hetero) is 1. The maximum Gasteiger partial charge on any atom is 0.129 e. The Morgan fingerprint density at radius 2 is 0.676 bits per heavy atom. The maximum absolute atomic E-state index is 10.9. The molecule has 34 heavy (non-hydrogen) atoms. The fourth-order valence-electron chi connectivity index (χ4n) is 4.92. The van der Waals surface area contributed by atoms with Gasteiger partial charge in [0.1, 0.15) is 5.78 Å². The van der Waals surface area contributed by atoms with Crippen LogP contribution in [-0.4, -0.2) is 5.78 Å². The second-order valence-electron chi connectivity index (χ2n) is 11.0. The topological polar surface area (TPSA) is 17.1 Å². The molecule has 1 heteroatoms. The Bertz CT molecular complexity index is 411. The lowest BCUT2D eigenvalue weighted by atomic mass is 10.0. The van der Waals surface area contributed by atoms with Crippen molar-refractivity contribution in [1.82, 2.24) is 0 Å². The van der Waals surface area contributed by atoms with Gasteiger partial charge in [0.15, 0.2) is 0 Å². The molecule has 0 fully saturated rings. The van der Waals surface area contributed by atoms with Crippen LogP contribution >= 0.6 is 0 Å². The number of carbonyl (C=O) groups excluding carboxylic acids is 1. The lowest BCUT2D eigenvalue weighted by Gasteiger charge is -2.04. The highest BCUT2D eigenvalue weighted by Gasteiger charge is 1.96. The highest BCUT2D eigenvalue weighted by molar-refractivity contribution is 5.75. The predicted molar refractivity (Wildman–Crippen MR) is 155 cm³/mol. The van der Waals surface area contributed by atoms with Crippen molar-refractivity contribution in [2.75, 3.05) is 0 Å². The zero-order valence-corrected chi connectivity index (χ0v) is 23.9. The molecule has 0 rings (SSSR count). The van der Waals surface area contributed by atoms with E-state index in [0.29, 0.717) is 5.78 Å². The molecule has 0 aromatic heterocycles. The average molecular weight is 477 g/mol. The van der Waals surface area contributed by atoms with E-state index in [0.717, 1.165) is 12.8 Å². The van der Waals surface area contributed by atoms with Crippen LogP contribution in [0.3, 0.4) is 0 Å². The number of carbonyl (C=O) groups is 1. The van der Waals surface area contributed by atoms with E-state index < -0.39 is 0 Å². The maximum atomic E-state index is 10.9. The normalized spacial score (nSPS) is 11.6. The van der Waals surface area contributed by atoms with Gasteiger partial charge in [-0.05, 0) is 39.0 Å². The van der Waals surface area contributed by atoms with E-state index in [4.69, 9.17) is 0 Å². The van der Waals surface area contributed by atoms with Gasteiger partial charge in [-0.15, -0.1) is 0 Å². The van der Waals surface area contributed by atoms with Crippen LogP contribution in [0.15, 0.2) is 12.2 Å². The molecule has 202 valence electrons. The lowest BCUT2D eigenvalue weighted by Crippen LogP contribution is -1.89. The predicted octanol–water partition coefficient (Wildman–Crippen LogP) is 12.1. The SMILES string of the molecule is CCCCCCCC/C=C\CCCCCCCCCCCCCCCCCCCCCC(C)=O. The summed E-state index contributed by atoms with van der Waals surface area (Å²) in [7, 11) is 0. The number of allylic oxidation sites excluding steroid dienone is 2. The standard InChI is InChI=1S/C33H64O/c1-3-4-5-6-7-8-9-10-11-12-13-14-15-16-17-18-19-20-21-22-23-24-25-26-27-28-29-30-31-32-33(2)34/h10-11H,3-9,12-32H2,1-2H3/b11-10-. The van der Waals surface area contributed by atoms with Crippen molar-refractivity contribution in [2.24, 2.45) is 0 Å². The van der Waals surface area contributed by atoms with Crippen molar-refractivity contribution in [1.29, 1.82) is 0 Å². The fourth-order valence-corrected chi connectivity index (χ4v) is 4.92. The summed E-state index contributed by atoms with van der Waals surface area (Å²) in [4.78, 5) is 10.9. The Balaban J connectivity index is 3.06. The Kier molecular flexibility index (Phi) is 29.9. The fraction of sp³-hybridized carbons (Fsp3) is 0.909. The molecule has 0 aliphatic rings. The molecule has 0 aliphatic carbocycles. The van der Waals surface area contributed by atoms with Crippen LogP contribution in [0.5, 0.6) is 0 Å². The first kappa shape index (κ1) is 33.4. The van der Waals surface area contributed by atoms with Gasteiger partial charge in [-0.1, -0.05) is 160 Å². The first-order chi connectivity index (χ1) is 16.8. The van der Waals surface area contributed by atoms with Crippen molar-refractivity contribution in [2.45, 2.75) is 194 Å². The van der Waals surface area contributed by atoms with Gasteiger partial charge in [0.25, 0.3) is 0 Å². The number of rotatable bonds is 29. The van der Waals surface area contributed by atoms with E-state index in [1.165, 1.54) is 167 Å². The molecular weight excluding hydrogens is 412 g/mol. The van der Waals surface area contributed by atoms with Gasteiger partial charge in [0, 0.05) is 6.42 Å². The minimum absolute atomic E-state index is 0.350. The van der Waals surface area contributed by atoms with Crippen molar-refractivity contribution < 1.29 is 4.79 Å². The van der Waals surface area contributed by atoms with Crippen molar-refractivity contribution in [3.05, 3.63) is 12.2 Å². The van der Waals surface area contributed by atoms with Gasteiger partial charge in [-0.3, -0.25) is 0 Å². The quantitative estimate of drug-likeness (QED) is 0.0774. The summed E-state index contributed by atoms with van der Waals surface area (Å²) in [6.45, 7) is 4.00. The number of hydrogen-bond donors (Lipinski definition) is 0. The third-order valence-electron chi connectivity index (χ3n) is 7.29. The summed E-state index contributed by atoms with van der Waals surface area (Å²) in [6, 6.07) is 0. The molecule has 1 nitrogen and oxygen atoms in total. The zero-order valence-electron chi connectivity index (χ0n) is 23.9. The molecule has 0 bridgehead atoms. The lowest BCUT2D eigenvalue weighted by molar-refractivity contribution is -0.117. The molecule has 0 aliphatic heterocycles. The Hall–Kier alpha value is -0.590. The van der Waals surface area contributed by atoms with E-state index in [-0.39, 0.29) is 0 Å². The summed E-state index contributed by atoms with van der Waals surface area (Å²) in [6.07, 6.45) is 43.4. The van der Waals surface area contributed by atoms with E-state index in [1.54, 1.807) is 6.92 Å². The van der Waals surface area contributed by atoms with Crippen LogP contribution in [0.2, 0.25) is 0 Å². The third-order valence-corrected chi connectivity index (χ3v) is 7.29. The first-order valence-corrected chi connectivity index (χ1v) is 15.9. The summed E-state index contributed by atoms with van der Waals surface area (Å²) in [5.41, 5.74) is 0. The summed E-state index contributed by atoms with van der Waals surface area (Å²) in [5.74, 6) is 0.350. The van der Waals surface area contributed by atoms with Crippen LogP contribution in [0.4, 0.5) is 0 Å². The third kappa shape index (κ3) is 31.4. The molecular formula is C33H64O. The number of unbranched alkanes of at least 4 members (excludes halogenated alkanes) is 25. The van der Waals surface area contributed by atoms with Crippen molar-refractivity contribution in [3.63, 3.8) is 0 Å². The number of hydrogen-bond acceptors (Lipinski definition) is 1. The molecule has 0 amide bonds. The molecule has 0 aromatic rings. The number of ketones is 1. The molecule has 0 heterocycles. The molecule has 0 radical (unpaired) electrons. The van der Waals surface area contributed by atoms with Crippen LogP contribution in [0.1, 0.15) is 194 Å². The van der Waals surface area contributed by atoms with Gasteiger partial charge < -0.3 is 4.79 Å². The molecule has 0 atom stereocenters. The van der Waals surface area contributed by atoms with Gasteiger partial charge in [0.2, 0.25) is 0 Å². The average Bonchev–Trinajstić information content (AvgIpc) is 2.83. The van der Waals surface area contributed by atoms with Crippen LogP contribution in [0, 0.1) is 0 Å². The molecule has 0 spiro atoms. The van der Waals surface area contributed by atoms with Crippen LogP contribution < -0.4 is 0 Å². The minimum atomic E-state index is 0.350. The van der Waals surface area contributed by atoms with Gasteiger partial charge in [-0.2, -0.15) is 0 Å². The van der Waals surface area contributed by atoms with E-state index in [1.807, 2.05) is 0 Å². The Morgan fingerprint density at radius 3 is 0.971 bits per heavy atom. The largest absolute Gasteiger partial charge is 0.300 e. The molecule has 0 unspecified atom stereocenters. The van der Waals surface area contributed by atoms with Gasteiger partial charge in [0.05, 0.1) is 0 Å². The second-order valence-corrected chi connectivity index (χ2v) is 11.0. The van der Waals surface area contributed by atoms with Gasteiger partial charge in [-0.25, -0.2) is 0 Å². The summed E-state index contributed by atoms with van der Waals surface area (Å²) >= 11 is 0. The Morgan fingerprint density at radius 1 is 0.412 bits per heavy atom. The molecule has 0 saturated heterocycles. The molecule has 0 saturated carbocycles. The summed E-state index contributed by atoms with van der Waals surface area (Å²) < 4.78 is 0. The second kappa shape index (κ2) is 30.4. The highest BCUT2D eigenvalue weighted by Crippen LogP contribution is 2.15. The van der Waals surface area contributed by atoms with E-state index >= 15 is 0 Å². The molecule has 0 aromatic carbocycles. The monoisotopic (exact) mass is 476 g/mol. The smallest absolute Gasteiger partial charge is 0.129 e. The van der Waals surface area contributed by atoms with Crippen molar-refractivity contribution in [3.8, 4) is 0 Å².